The van der Waals surface area contributed by atoms with E-state index in [0.717, 1.165) is 50.7 Å². The van der Waals surface area contributed by atoms with Gasteiger partial charge in [0.15, 0.2) is 0 Å². The van der Waals surface area contributed by atoms with Crippen molar-refractivity contribution in [2.75, 3.05) is 13.2 Å². The molecule has 6 nitrogen and oxygen atoms in total. The van der Waals surface area contributed by atoms with E-state index in [4.69, 9.17) is 4.74 Å². The number of aromatic nitrogens is 3. The number of fused-ring (bicyclic) bond motifs is 2. The number of carboxylic acid groups (broad SMARTS) is 1. The van der Waals surface area contributed by atoms with Gasteiger partial charge in [-0.1, -0.05) is 19.1 Å². The van der Waals surface area contributed by atoms with Gasteiger partial charge in [0.25, 0.3) is 0 Å². The monoisotopic (exact) mass is 471 g/mol. The van der Waals surface area contributed by atoms with Crippen molar-refractivity contribution in [3.05, 3.63) is 83.9 Å². The van der Waals surface area contributed by atoms with E-state index in [-0.39, 0.29) is 17.3 Å². The second-order valence-corrected chi connectivity index (χ2v) is 8.67. The molecule has 2 N–H and O–H groups in total. The van der Waals surface area contributed by atoms with Gasteiger partial charge >= 0.3 is 5.97 Å². The third-order valence-corrected chi connectivity index (χ3v) is 6.44. The van der Waals surface area contributed by atoms with Crippen LogP contribution in [0.3, 0.4) is 0 Å². The van der Waals surface area contributed by atoms with Gasteiger partial charge in [-0.2, -0.15) is 5.10 Å². The lowest BCUT2D eigenvalue weighted by atomic mass is 9.93. The molecule has 5 rings (SSSR count). The lowest BCUT2D eigenvalue weighted by Gasteiger charge is -2.19. The standard InChI is InChI=1S/C28H26FN3O3/c1-3-35-13-12-17(2)27-26(18-4-6-19(7-5-18)28(33)34)23-15-24-20(16-30-31-24)14-25(23)32(27)22-10-8-21(29)9-11-22/h4-11,14-17H,3,12-13H2,1-2H3,(H,30,31)(H,33,34). The second-order valence-electron chi connectivity index (χ2n) is 8.67. The number of aromatic amines is 1. The number of H-pyrrole nitrogens is 1. The van der Waals surface area contributed by atoms with Crippen LogP contribution in [0, 0.1) is 5.82 Å². The van der Waals surface area contributed by atoms with Crippen LogP contribution in [0.25, 0.3) is 38.6 Å². The molecule has 3 aromatic carbocycles. The van der Waals surface area contributed by atoms with Crippen molar-refractivity contribution in [1.29, 1.82) is 0 Å². The van der Waals surface area contributed by atoms with Crippen LogP contribution >= 0.6 is 0 Å². The van der Waals surface area contributed by atoms with Crippen molar-refractivity contribution in [2.45, 2.75) is 26.2 Å². The van der Waals surface area contributed by atoms with Gasteiger partial charge in [-0.15, -0.1) is 0 Å². The van der Waals surface area contributed by atoms with Gasteiger partial charge in [0.2, 0.25) is 0 Å². The summed E-state index contributed by atoms with van der Waals surface area (Å²) in [5.41, 5.74) is 5.96. The topological polar surface area (TPSA) is 80.1 Å². The van der Waals surface area contributed by atoms with Crippen LogP contribution in [0.1, 0.15) is 42.2 Å². The molecule has 0 amide bonds. The summed E-state index contributed by atoms with van der Waals surface area (Å²) in [6, 6.07) is 17.6. The highest BCUT2D eigenvalue weighted by atomic mass is 19.1. The number of hydrogen-bond donors (Lipinski definition) is 2. The van der Waals surface area contributed by atoms with E-state index in [1.807, 2.05) is 19.1 Å². The SMILES string of the molecule is CCOCCC(C)c1c(-c2ccc(C(=O)O)cc2)c2cc3[nH]ncc3cc2n1-c1ccc(F)cc1. The Labute approximate surface area is 202 Å². The van der Waals surface area contributed by atoms with Crippen molar-refractivity contribution in [3.63, 3.8) is 0 Å². The molecule has 2 heterocycles. The van der Waals surface area contributed by atoms with E-state index in [2.05, 4.69) is 33.8 Å². The fraction of sp³-hybridized carbons (Fsp3) is 0.214. The number of halogens is 1. The number of hydrogen-bond acceptors (Lipinski definition) is 3. The molecule has 7 heteroatoms. The summed E-state index contributed by atoms with van der Waals surface area (Å²) in [5, 5.41) is 18.6. The molecule has 0 bridgehead atoms. The lowest BCUT2D eigenvalue weighted by Crippen LogP contribution is -2.08. The lowest BCUT2D eigenvalue weighted by molar-refractivity contribution is 0.0697. The summed E-state index contributed by atoms with van der Waals surface area (Å²) < 4.78 is 21.7. The molecule has 178 valence electrons. The van der Waals surface area contributed by atoms with Gasteiger partial charge in [-0.05, 0) is 73.4 Å². The highest BCUT2D eigenvalue weighted by molar-refractivity contribution is 6.06. The molecular formula is C28H26FN3O3. The maximum Gasteiger partial charge on any atom is 0.335 e. The van der Waals surface area contributed by atoms with Crippen LogP contribution in [0.5, 0.6) is 0 Å². The average molecular weight is 472 g/mol. The highest BCUT2D eigenvalue weighted by Crippen LogP contribution is 2.42. The van der Waals surface area contributed by atoms with Crippen LogP contribution in [0.4, 0.5) is 4.39 Å². The summed E-state index contributed by atoms with van der Waals surface area (Å²) in [7, 11) is 0. The first-order valence-corrected chi connectivity index (χ1v) is 11.7. The number of rotatable bonds is 8. The first-order valence-electron chi connectivity index (χ1n) is 11.7. The largest absolute Gasteiger partial charge is 0.478 e. The molecular weight excluding hydrogens is 445 g/mol. The van der Waals surface area contributed by atoms with Crippen molar-refractivity contribution in [2.24, 2.45) is 0 Å². The van der Waals surface area contributed by atoms with Gasteiger partial charge in [-0.25, -0.2) is 9.18 Å². The van der Waals surface area contributed by atoms with Gasteiger partial charge in [0.1, 0.15) is 5.82 Å². The van der Waals surface area contributed by atoms with Gasteiger partial charge in [0, 0.05) is 40.9 Å². The predicted molar refractivity (Wildman–Crippen MR) is 135 cm³/mol. The molecule has 5 aromatic rings. The third-order valence-electron chi connectivity index (χ3n) is 6.44. The maximum atomic E-state index is 13.8. The minimum absolute atomic E-state index is 0.102. The number of carbonyl (C=O) groups is 1. The number of benzene rings is 3. The first kappa shape index (κ1) is 22.8. The smallest absolute Gasteiger partial charge is 0.335 e. The van der Waals surface area contributed by atoms with Crippen molar-refractivity contribution in [1.82, 2.24) is 14.8 Å². The zero-order valence-corrected chi connectivity index (χ0v) is 19.6. The number of carboxylic acids is 1. The Balaban J connectivity index is 1.83. The second kappa shape index (κ2) is 9.35. The van der Waals surface area contributed by atoms with Gasteiger partial charge < -0.3 is 14.4 Å². The summed E-state index contributed by atoms with van der Waals surface area (Å²) in [4.78, 5) is 11.5. The Morgan fingerprint density at radius 3 is 2.57 bits per heavy atom. The highest BCUT2D eigenvalue weighted by Gasteiger charge is 2.25. The van der Waals surface area contributed by atoms with Crippen LogP contribution < -0.4 is 0 Å². The molecule has 2 aromatic heterocycles. The molecule has 35 heavy (non-hydrogen) atoms. The third kappa shape index (κ3) is 4.19. The summed E-state index contributed by atoms with van der Waals surface area (Å²) in [5.74, 6) is -1.16. The zero-order valence-electron chi connectivity index (χ0n) is 19.6. The van der Waals surface area contributed by atoms with Gasteiger partial charge in [0.05, 0.1) is 22.8 Å². The van der Waals surface area contributed by atoms with E-state index in [9.17, 15) is 14.3 Å². The normalized spacial score (nSPS) is 12.4. The zero-order chi connectivity index (χ0) is 24.5. The average Bonchev–Trinajstić information content (AvgIpc) is 3.45. The van der Waals surface area contributed by atoms with E-state index in [1.54, 1.807) is 30.5 Å². The molecule has 1 unspecified atom stereocenters. The number of nitrogens with one attached hydrogen (secondary N) is 1. The molecule has 0 saturated carbocycles. The fourth-order valence-electron chi connectivity index (χ4n) is 4.70. The quantitative estimate of drug-likeness (QED) is 0.252. The maximum absolute atomic E-state index is 13.8. The van der Waals surface area contributed by atoms with Crippen molar-refractivity contribution in [3.8, 4) is 16.8 Å². The Morgan fingerprint density at radius 2 is 1.89 bits per heavy atom. The molecule has 1 atom stereocenters. The summed E-state index contributed by atoms with van der Waals surface area (Å²) >= 11 is 0. The minimum Gasteiger partial charge on any atom is -0.478 e. The van der Waals surface area contributed by atoms with Gasteiger partial charge in [-0.3, -0.25) is 5.10 Å². The number of aromatic carboxylic acids is 1. The fourth-order valence-corrected chi connectivity index (χ4v) is 4.70. The number of ether oxygens (including phenoxy) is 1. The summed E-state index contributed by atoms with van der Waals surface area (Å²) in [6.45, 7) is 5.40. The summed E-state index contributed by atoms with van der Waals surface area (Å²) in [6.07, 6.45) is 2.58. The Hall–Kier alpha value is -3.97. The van der Waals surface area contributed by atoms with Crippen LogP contribution in [-0.2, 0) is 4.74 Å². The molecule has 0 fully saturated rings. The van der Waals surface area contributed by atoms with Crippen molar-refractivity contribution >= 4 is 27.8 Å². The molecule has 0 aliphatic carbocycles. The first-order chi connectivity index (χ1) is 17.0. The van der Waals surface area contributed by atoms with Crippen LogP contribution in [0.15, 0.2) is 66.9 Å². The molecule has 0 aliphatic rings. The number of nitrogens with zero attached hydrogens (tertiary/aromatic N) is 2. The Kier molecular flexibility index (Phi) is 6.09. The van der Waals surface area contributed by atoms with E-state index < -0.39 is 5.97 Å². The van der Waals surface area contributed by atoms with E-state index in [0.29, 0.717) is 13.2 Å². The van der Waals surface area contributed by atoms with Crippen LogP contribution in [0.2, 0.25) is 0 Å². The Bertz CT molecular complexity index is 1500. The molecule has 0 saturated heterocycles. The molecule has 0 radical (unpaired) electrons. The molecule has 0 spiro atoms. The van der Waals surface area contributed by atoms with Crippen LogP contribution in [-0.4, -0.2) is 39.1 Å². The van der Waals surface area contributed by atoms with Crippen molar-refractivity contribution < 1.29 is 19.0 Å². The van der Waals surface area contributed by atoms with E-state index in [1.165, 1.54) is 12.1 Å². The minimum atomic E-state index is -0.963. The predicted octanol–water partition coefficient (Wildman–Crippen LogP) is 6.54. The Morgan fingerprint density at radius 1 is 1.14 bits per heavy atom. The van der Waals surface area contributed by atoms with E-state index >= 15 is 0 Å². The molecule has 0 aliphatic heterocycles.